The topological polar surface area (TPSA) is 504 Å². The fourth-order valence-electron chi connectivity index (χ4n) is 9.74. The maximum atomic E-state index is 11.8. The van der Waals surface area contributed by atoms with E-state index >= 15 is 0 Å². The summed E-state index contributed by atoms with van der Waals surface area (Å²) in [7, 11) is 0. The molecule has 31 atom stereocenters. The van der Waals surface area contributed by atoms with Crippen molar-refractivity contribution in [2.45, 2.75) is 203 Å². The first-order chi connectivity index (χ1) is 34.9. The average Bonchev–Trinajstić information content (AvgIpc) is 3.38. The summed E-state index contributed by atoms with van der Waals surface area (Å²) < 4.78 is 75.2. The van der Waals surface area contributed by atoms with Crippen LogP contribution < -0.4 is 0 Å². The lowest BCUT2D eigenvalue weighted by molar-refractivity contribution is -0.405. The summed E-state index contributed by atoms with van der Waals surface area (Å²) in [6, 6.07) is 0. The molecule has 0 saturated carbocycles. The number of ether oxygens (including phenoxy) is 13. The van der Waals surface area contributed by atoms with Gasteiger partial charge in [0, 0.05) is 13.2 Å². The highest BCUT2D eigenvalue weighted by molar-refractivity contribution is 5.01. The van der Waals surface area contributed by atoms with E-state index in [9.17, 15) is 97.0 Å². The molecule has 32 heteroatoms. The third-order valence-corrected chi connectivity index (χ3v) is 13.9. The van der Waals surface area contributed by atoms with Crippen molar-refractivity contribution in [1.82, 2.24) is 0 Å². The standard InChI is InChI=1S/C41H70O32/c42-3-1-11(49)2-4-61-35-28(60)41-67-17(10-48)34(35)73-40-27(59)22(54)32(15(8-46)66-40)71-38-25(57)20(52)30(13(6-44)64-38)69-36-23(55)18(50)29(12(5-43)62-36)68-37-24(56)19(51)31(14(7-45)63-37)70-39-26(58)21(53)33(72-41)16(9-47)65-39/h11-60H,1-10H2/t11?,12-,13-,14-,15-,16-,17-,18-,19-,20-,21-,22-,23-,24-,25-,26-,27-,28-,29-,30-,31-,32-,33-,34+,35-,36-,37-,38-,39-,40-,41-/m1/s1. The van der Waals surface area contributed by atoms with E-state index in [1.807, 2.05) is 0 Å². The monoisotopic (exact) mass is 1070 g/mol. The van der Waals surface area contributed by atoms with Crippen molar-refractivity contribution in [2.75, 3.05) is 52.9 Å². The van der Waals surface area contributed by atoms with Crippen LogP contribution in [0, 0.1) is 0 Å². The fraction of sp³-hybridized carbons (Fsp3) is 1.00. The molecule has 0 aliphatic carbocycles. The van der Waals surface area contributed by atoms with Crippen LogP contribution in [-0.4, -0.2) is 340 Å². The van der Waals surface area contributed by atoms with Crippen LogP contribution in [0.25, 0.3) is 0 Å². The largest absolute Gasteiger partial charge is 0.396 e. The van der Waals surface area contributed by atoms with Crippen molar-refractivity contribution in [3.05, 3.63) is 0 Å². The highest BCUT2D eigenvalue weighted by atomic mass is 16.8. The van der Waals surface area contributed by atoms with Crippen molar-refractivity contribution >= 4 is 0 Å². The van der Waals surface area contributed by atoms with Gasteiger partial charge in [-0.3, -0.25) is 0 Å². The molecule has 22 saturated heterocycles. The molecule has 426 valence electrons. The number of aliphatic hydroxyl groups excluding tert-OH is 19. The van der Waals surface area contributed by atoms with Gasteiger partial charge in [0.1, 0.15) is 146 Å². The van der Waals surface area contributed by atoms with Crippen LogP contribution >= 0.6 is 0 Å². The van der Waals surface area contributed by atoms with E-state index < -0.39 is 243 Å². The Bertz CT molecular complexity index is 1650. The van der Waals surface area contributed by atoms with Gasteiger partial charge in [0.25, 0.3) is 0 Å². The van der Waals surface area contributed by atoms with Gasteiger partial charge in [-0.1, -0.05) is 0 Å². The van der Waals surface area contributed by atoms with Crippen molar-refractivity contribution in [3.63, 3.8) is 0 Å². The Kier molecular flexibility index (Phi) is 21.2. The van der Waals surface area contributed by atoms with Crippen molar-refractivity contribution < 1.29 is 159 Å². The number of rotatable bonds is 12. The molecule has 22 heterocycles. The van der Waals surface area contributed by atoms with Crippen LogP contribution in [0.1, 0.15) is 12.8 Å². The lowest BCUT2D eigenvalue weighted by Gasteiger charge is -2.51. The fourth-order valence-corrected chi connectivity index (χ4v) is 9.74. The number of aliphatic hydroxyl groups is 19. The minimum atomic E-state index is -2.17. The minimum Gasteiger partial charge on any atom is -0.396 e. The Balaban J connectivity index is 1.22. The second-order valence-electron chi connectivity index (χ2n) is 18.6. The molecule has 12 bridgehead atoms. The number of hydrogen-bond acceptors (Lipinski definition) is 32. The molecule has 1 unspecified atom stereocenters. The SMILES string of the molecule is OCCC(O)CCO[C@@H]1[C@@H](O)[C@H]2O[C@H]3[C@H](O)[C@@H](O)[C@@H](O[C@H]4[C@H](O)[C@@H](O)[C@@H](O[C@H]5[C@H](O)[C@@H](O)[C@@H](O[C@H]6[C@H](O)[C@@H](O)[C@@H](O[C@H]7[C@H](O)[C@@H](O)[C@@H](O[C@H]1[C@@H](CO)O2)O[C@@H]7CO)O[C@@H]6CO)O[C@@H]5CO)O[C@@H]4CO)O[C@@H]3CO. The summed E-state index contributed by atoms with van der Waals surface area (Å²) in [6.45, 7) is -6.84. The molecule has 22 aliphatic heterocycles. The lowest BCUT2D eigenvalue weighted by atomic mass is 9.94. The van der Waals surface area contributed by atoms with Gasteiger partial charge in [-0.2, -0.15) is 0 Å². The van der Waals surface area contributed by atoms with E-state index in [0.29, 0.717) is 0 Å². The van der Waals surface area contributed by atoms with E-state index in [1.54, 1.807) is 0 Å². The highest BCUT2D eigenvalue weighted by Gasteiger charge is 2.59. The Labute approximate surface area is 414 Å². The van der Waals surface area contributed by atoms with Crippen molar-refractivity contribution in [1.29, 1.82) is 0 Å². The molecule has 19 N–H and O–H groups in total. The molecule has 22 rings (SSSR count). The van der Waals surface area contributed by atoms with Gasteiger partial charge in [0.15, 0.2) is 37.7 Å². The van der Waals surface area contributed by atoms with E-state index in [2.05, 4.69) is 0 Å². The zero-order chi connectivity index (χ0) is 53.2. The van der Waals surface area contributed by atoms with Gasteiger partial charge in [-0.05, 0) is 12.8 Å². The second kappa shape index (κ2) is 26.1. The lowest BCUT2D eigenvalue weighted by Crippen LogP contribution is -2.69. The first-order valence-corrected chi connectivity index (χ1v) is 23.8. The summed E-state index contributed by atoms with van der Waals surface area (Å²) in [5.74, 6) is 0. The Morgan fingerprint density at radius 3 is 0.767 bits per heavy atom. The Morgan fingerprint density at radius 1 is 0.288 bits per heavy atom. The van der Waals surface area contributed by atoms with Crippen LogP contribution in [-0.2, 0) is 61.6 Å². The first kappa shape index (κ1) is 59.4. The molecular formula is C41H70O32. The molecule has 0 aromatic heterocycles. The maximum Gasteiger partial charge on any atom is 0.187 e. The minimum absolute atomic E-state index is 0.0812. The van der Waals surface area contributed by atoms with Gasteiger partial charge in [-0.25, -0.2) is 0 Å². The zero-order valence-corrected chi connectivity index (χ0v) is 38.8. The molecule has 22 aliphatic rings. The van der Waals surface area contributed by atoms with Crippen molar-refractivity contribution in [3.8, 4) is 0 Å². The normalized spacial score (nSPS) is 51.7. The predicted molar refractivity (Wildman–Crippen MR) is 222 cm³/mol. The maximum absolute atomic E-state index is 11.8. The Hall–Kier alpha value is -1.28. The smallest absolute Gasteiger partial charge is 0.187 e. The van der Waals surface area contributed by atoms with Crippen LogP contribution in [0.4, 0.5) is 0 Å². The summed E-state index contributed by atoms with van der Waals surface area (Å²) in [4.78, 5) is 0. The molecule has 0 aromatic rings. The van der Waals surface area contributed by atoms with Crippen LogP contribution in [0.3, 0.4) is 0 Å². The van der Waals surface area contributed by atoms with Gasteiger partial charge in [-0.15, -0.1) is 0 Å². The average molecular weight is 1070 g/mol. The Morgan fingerprint density at radius 2 is 0.521 bits per heavy atom. The zero-order valence-electron chi connectivity index (χ0n) is 38.8. The summed E-state index contributed by atoms with van der Waals surface area (Å²) in [6.07, 6.45) is -59.7. The molecule has 0 radical (unpaired) electrons. The van der Waals surface area contributed by atoms with Crippen LogP contribution in [0.5, 0.6) is 0 Å². The van der Waals surface area contributed by atoms with E-state index in [0.717, 1.165) is 0 Å². The molecule has 32 nitrogen and oxygen atoms in total. The predicted octanol–water partition coefficient (Wildman–Crippen LogP) is -12.9. The van der Waals surface area contributed by atoms with Gasteiger partial charge >= 0.3 is 0 Å². The quantitative estimate of drug-likeness (QED) is 0.0863. The van der Waals surface area contributed by atoms with Gasteiger partial charge < -0.3 is 159 Å². The highest BCUT2D eigenvalue weighted by Crippen LogP contribution is 2.38. The van der Waals surface area contributed by atoms with Crippen LogP contribution in [0.15, 0.2) is 0 Å². The molecular weight excluding hydrogens is 1000 g/mol. The van der Waals surface area contributed by atoms with E-state index in [1.165, 1.54) is 0 Å². The summed E-state index contributed by atoms with van der Waals surface area (Å²) in [5.41, 5.74) is 0. The molecule has 0 amide bonds. The third-order valence-electron chi connectivity index (χ3n) is 13.9. The first-order valence-electron chi connectivity index (χ1n) is 23.8. The van der Waals surface area contributed by atoms with Crippen LogP contribution in [0.2, 0.25) is 0 Å². The van der Waals surface area contributed by atoms with Gasteiger partial charge in [0.2, 0.25) is 0 Å². The molecule has 73 heavy (non-hydrogen) atoms. The molecule has 0 spiro atoms. The summed E-state index contributed by atoms with van der Waals surface area (Å²) >= 11 is 0. The third kappa shape index (κ3) is 12.5. The molecule has 0 aromatic carbocycles. The second-order valence-corrected chi connectivity index (χ2v) is 18.6. The van der Waals surface area contributed by atoms with Crippen molar-refractivity contribution in [2.24, 2.45) is 0 Å². The van der Waals surface area contributed by atoms with E-state index in [-0.39, 0.29) is 12.8 Å². The number of hydrogen-bond donors (Lipinski definition) is 19. The molecule has 22 fully saturated rings. The van der Waals surface area contributed by atoms with Gasteiger partial charge in [0.05, 0.1) is 45.7 Å². The summed E-state index contributed by atoms with van der Waals surface area (Å²) in [5, 5.41) is 207. The van der Waals surface area contributed by atoms with E-state index in [4.69, 9.17) is 61.6 Å².